The molecule has 0 spiro atoms. The Kier molecular flexibility index (Phi) is 10.7. The van der Waals surface area contributed by atoms with E-state index in [9.17, 15) is 19.6 Å². The van der Waals surface area contributed by atoms with Crippen LogP contribution in [0.1, 0.15) is 138 Å². The first kappa shape index (κ1) is 36.7. The first-order valence-electron chi connectivity index (χ1n) is 17.1. The summed E-state index contributed by atoms with van der Waals surface area (Å²) in [6.45, 7) is 24.3. The molecule has 1 fully saturated rings. The second kappa shape index (κ2) is 13.2. The molecule has 45 heavy (non-hydrogen) atoms. The van der Waals surface area contributed by atoms with Crippen LogP contribution in [0.15, 0.2) is 42.0 Å². The standard InChI is InChI=1S/C40H59NO4/c1-12-35(3,4)20-22-38(9,27-45-34(44)29-16-14-13-15-17-29)23-21-36(5,6)40(11)19-18-31-37(7,8)33(43)30(26-41)25-39(31,10)32(40)24-28(2)42/h13-17,25,31-32H,12,18-24,27H2,1-11H3/t31-,32+,38-,39-,40+/m0/s1. The van der Waals surface area contributed by atoms with Crippen LogP contribution in [-0.2, 0) is 14.3 Å². The quantitative estimate of drug-likeness (QED) is 0.206. The lowest BCUT2D eigenvalue weighted by Crippen LogP contribution is -2.60. The van der Waals surface area contributed by atoms with E-state index in [1.54, 1.807) is 19.1 Å². The zero-order chi connectivity index (χ0) is 34.1. The van der Waals surface area contributed by atoms with E-state index < -0.39 is 10.8 Å². The van der Waals surface area contributed by atoms with Gasteiger partial charge in [-0.15, -0.1) is 0 Å². The predicted molar refractivity (Wildman–Crippen MR) is 181 cm³/mol. The maximum Gasteiger partial charge on any atom is 0.338 e. The number of carbonyl (C=O) groups is 3. The second-order valence-electron chi connectivity index (χ2n) is 17.2. The minimum absolute atomic E-state index is 0.0202. The average molecular weight is 618 g/mol. The predicted octanol–water partition coefficient (Wildman–Crippen LogP) is 9.95. The highest BCUT2D eigenvalue weighted by Gasteiger charge is 2.63. The van der Waals surface area contributed by atoms with Gasteiger partial charge >= 0.3 is 5.97 Å². The number of ether oxygens (including phenoxy) is 1. The average Bonchev–Trinajstić information content (AvgIpc) is 2.98. The molecule has 1 aromatic rings. The van der Waals surface area contributed by atoms with E-state index in [1.165, 1.54) is 0 Å². The van der Waals surface area contributed by atoms with Gasteiger partial charge in [-0.2, -0.15) is 5.26 Å². The number of nitriles is 1. The molecule has 5 atom stereocenters. The van der Waals surface area contributed by atoms with Gasteiger partial charge in [-0.05, 0) is 91.1 Å². The van der Waals surface area contributed by atoms with Crippen LogP contribution in [0, 0.1) is 55.7 Å². The Bertz CT molecular complexity index is 1330. The van der Waals surface area contributed by atoms with Crippen molar-refractivity contribution in [2.24, 2.45) is 44.3 Å². The Labute approximate surface area is 273 Å². The van der Waals surface area contributed by atoms with Gasteiger partial charge in [0.1, 0.15) is 11.9 Å². The summed E-state index contributed by atoms with van der Waals surface area (Å²) >= 11 is 0. The third-order valence-corrected chi connectivity index (χ3v) is 12.8. The van der Waals surface area contributed by atoms with Gasteiger partial charge in [0.25, 0.3) is 0 Å². The van der Waals surface area contributed by atoms with Crippen molar-refractivity contribution in [2.75, 3.05) is 6.61 Å². The molecule has 0 aromatic heterocycles. The van der Waals surface area contributed by atoms with Crippen molar-refractivity contribution in [1.29, 1.82) is 5.26 Å². The van der Waals surface area contributed by atoms with Crippen molar-refractivity contribution in [3.05, 3.63) is 47.5 Å². The van der Waals surface area contributed by atoms with Crippen LogP contribution < -0.4 is 0 Å². The van der Waals surface area contributed by atoms with Crippen LogP contribution >= 0.6 is 0 Å². The molecule has 0 saturated heterocycles. The van der Waals surface area contributed by atoms with E-state index in [0.29, 0.717) is 18.6 Å². The number of fused-ring (bicyclic) bond motifs is 1. The lowest BCUT2D eigenvalue weighted by Gasteiger charge is -2.64. The fraction of sp³-hybridized carbons (Fsp3) is 0.700. The van der Waals surface area contributed by atoms with Crippen LogP contribution in [0.3, 0.4) is 0 Å². The Balaban J connectivity index is 1.96. The van der Waals surface area contributed by atoms with Crippen LogP contribution in [0.5, 0.6) is 0 Å². The van der Waals surface area contributed by atoms with E-state index >= 15 is 0 Å². The molecule has 0 unspecified atom stereocenters. The monoisotopic (exact) mass is 617 g/mol. The third kappa shape index (κ3) is 7.47. The number of esters is 1. The summed E-state index contributed by atoms with van der Waals surface area (Å²) in [6.07, 6.45) is 9.00. The molecule has 1 saturated carbocycles. The van der Waals surface area contributed by atoms with Crippen molar-refractivity contribution in [2.45, 2.75) is 128 Å². The van der Waals surface area contributed by atoms with Gasteiger partial charge in [-0.3, -0.25) is 4.79 Å². The molecule has 0 N–H and O–H groups in total. The number of benzene rings is 1. The van der Waals surface area contributed by atoms with Gasteiger partial charge in [0.05, 0.1) is 17.7 Å². The summed E-state index contributed by atoms with van der Waals surface area (Å²) in [5.74, 6) is -0.183. The molecule has 3 rings (SSSR count). The topological polar surface area (TPSA) is 84.2 Å². The Morgan fingerprint density at radius 3 is 2.13 bits per heavy atom. The zero-order valence-corrected chi connectivity index (χ0v) is 30.1. The fourth-order valence-corrected chi connectivity index (χ4v) is 8.59. The van der Waals surface area contributed by atoms with E-state index in [2.05, 4.69) is 61.5 Å². The summed E-state index contributed by atoms with van der Waals surface area (Å²) in [4.78, 5) is 39.2. The zero-order valence-electron chi connectivity index (χ0n) is 30.1. The SMILES string of the molecule is CCC(C)(C)CC[C@@](C)(CCC(C)(C)[C@]1(C)CC[C@H]2C(C)(C)C(=O)C(C#N)=C[C@]2(C)[C@H]1CC(C)=O)COC(=O)c1ccccc1. The highest BCUT2D eigenvalue weighted by atomic mass is 16.5. The smallest absolute Gasteiger partial charge is 0.338 e. The third-order valence-electron chi connectivity index (χ3n) is 12.8. The number of Topliss-reactive ketones (excluding diaryl/α,β-unsaturated/α-hetero) is 2. The maximum atomic E-state index is 13.3. The number of ketones is 2. The molecule has 0 radical (unpaired) electrons. The van der Waals surface area contributed by atoms with Crippen LogP contribution in [0.2, 0.25) is 0 Å². The lowest BCUT2D eigenvalue weighted by molar-refractivity contribution is -0.156. The Morgan fingerprint density at radius 1 is 0.978 bits per heavy atom. The lowest BCUT2D eigenvalue weighted by atomic mass is 9.39. The molecule has 2 aliphatic carbocycles. The molecule has 0 bridgehead atoms. The van der Waals surface area contributed by atoms with Gasteiger partial charge in [0.15, 0.2) is 5.78 Å². The molecule has 0 aliphatic heterocycles. The number of hydrogen-bond donors (Lipinski definition) is 0. The van der Waals surface area contributed by atoms with E-state index in [0.717, 1.165) is 44.9 Å². The Hall–Kier alpha value is -2.74. The Morgan fingerprint density at radius 2 is 1.58 bits per heavy atom. The summed E-state index contributed by atoms with van der Waals surface area (Å²) in [5.41, 5.74) is -0.727. The summed E-state index contributed by atoms with van der Waals surface area (Å²) in [7, 11) is 0. The molecule has 0 amide bonds. The van der Waals surface area contributed by atoms with Crippen LogP contribution in [0.25, 0.3) is 0 Å². The molecule has 1 aromatic carbocycles. The van der Waals surface area contributed by atoms with Crippen molar-refractivity contribution < 1.29 is 19.1 Å². The van der Waals surface area contributed by atoms with Crippen molar-refractivity contribution in [3.8, 4) is 6.07 Å². The molecule has 5 nitrogen and oxygen atoms in total. The molecule has 5 heteroatoms. The van der Waals surface area contributed by atoms with Crippen LogP contribution in [-0.4, -0.2) is 24.1 Å². The minimum atomic E-state index is -0.664. The summed E-state index contributed by atoms with van der Waals surface area (Å²) in [6, 6.07) is 11.4. The molecule has 248 valence electrons. The largest absolute Gasteiger partial charge is 0.462 e. The number of allylic oxidation sites excluding steroid dienone is 2. The first-order valence-corrected chi connectivity index (χ1v) is 17.1. The van der Waals surface area contributed by atoms with Crippen molar-refractivity contribution >= 4 is 17.5 Å². The number of nitrogens with zero attached hydrogens (tertiary/aromatic N) is 1. The number of carbonyl (C=O) groups excluding carboxylic acids is 3. The maximum absolute atomic E-state index is 13.3. The van der Waals surface area contributed by atoms with E-state index in [4.69, 9.17) is 4.74 Å². The normalized spacial score (nSPS) is 27.9. The van der Waals surface area contributed by atoms with Crippen molar-refractivity contribution in [1.82, 2.24) is 0 Å². The van der Waals surface area contributed by atoms with Gasteiger partial charge in [0.2, 0.25) is 0 Å². The van der Waals surface area contributed by atoms with Gasteiger partial charge in [-0.25, -0.2) is 4.79 Å². The van der Waals surface area contributed by atoms with Crippen molar-refractivity contribution in [3.63, 3.8) is 0 Å². The highest BCUT2D eigenvalue weighted by Crippen LogP contribution is 2.68. The summed E-state index contributed by atoms with van der Waals surface area (Å²) in [5, 5.41) is 9.98. The van der Waals surface area contributed by atoms with E-state index in [-0.39, 0.29) is 56.6 Å². The number of rotatable bonds is 13. The highest BCUT2D eigenvalue weighted by molar-refractivity contribution is 6.04. The van der Waals surface area contributed by atoms with Gasteiger partial charge in [-0.1, -0.05) is 99.9 Å². The molecular formula is C40H59NO4. The molecule has 2 aliphatic rings. The second-order valence-corrected chi connectivity index (χ2v) is 17.2. The van der Waals surface area contributed by atoms with Gasteiger partial charge < -0.3 is 9.53 Å². The van der Waals surface area contributed by atoms with E-state index in [1.807, 2.05) is 38.1 Å². The van der Waals surface area contributed by atoms with Crippen LogP contribution in [0.4, 0.5) is 0 Å². The van der Waals surface area contributed by atoms with Gasteiger partial charge in [0, 0.05) is 17.3 Å². The first-order chi connectivity index (χ1) is 20.7. The molecular weight excluding hydrogens is 558 g/mol. The minimum Gasteiger partial charge on any atom is -0.462 e. The number of hydrogen-bond acceptors (Lipinski definition) is 5. The summed E-state index contributed by atoms with van der Waals surface area (Å²) < 4.78 is 5.99. The molecule has 0 heterocycles. The fourth-order valence-electron chi connectivity index (χ4n) is 8.59.